The van der Waals surface area contributed by atoms with Crippen LogP contribution in [0.3, 0.4) is 0 Å². The average Bonchev–Trinajstić information content (AvgIpc) is 2.74. The number of ether oxygens (including phenoxy) is 2. The Kier molecular flexibility index (Phi) is 9.42. The Labute approximate surface area is 171 Å². The summed E-state index contributed by atoms with van der Waals surface area (Å²) in [6.07, 6.45) is 5.65. The van der Waals surface area contributed by atoms with Crippen LogP contribution in [0.5, 0.6) is 11.5 Å². The molecule has 6 nitrogen and oxygen atoms in total. The molecule has 0 spiro atoms. The van der Waals surface area contributed by atoms with Crippen LogP contribution >= 0.6 is 0 Å². The van der Waals surface area contributed by atoms with Crippen molar-refractivity contribution in [3.05, 3.63) is 59.7 Å². The predicted molar refractivity (Wildman–Crippen MR) is 114 cm³/mol. The number of carbonyl (C=O) groups is 2. The van der Waals surface area contributed by atoms with Crippen LogP contribution in [0, 0.1) is 0 Å². The highest BCUT2D eigenvalue weighted by atomic mass is 16.5. The first-order valence-corrected chi connectivity index (χ1v) is 9.85. The lowest BCUT2D eigenvalue weighted by Crippen LogP contribution is -2.20. The van der Waals surface area contributed by atoms with Gasteiger partial charge in [0.15, 0.2) is 0 Å². The SMILES string of the molecule is CCCCCCOc1ccccc1C(=O)/C=N\NC(=O)Cc1ccc(OC)cc1. The van der Waals surface area contributed by atoms with E-state index in [0.717, 1.165) is 36.8 Å². The van der Waals surface area contributed by atoms with E-state index in [9.17, 15) is 9.59 Å². The molecule has 1 N–H and O–H groups in total. The number of amides is 1. The van der Waals surface area contributed by atoms with Gasteiger partial charge in [-0.15, -0.1) is 0 Å². The standard InChI is InChI=1S/C23H28N2O4/c1-3-4-5-8-15-29-22-10-7-6-9-20(22)21(26)17-24-25-23(27)16-18-11-13-19(28-2)14-12-18/h6-7,9-14,17H,3-5,8,15-16H2,1-2H3,(H,25,27)/b24-17-. The summed E-state index contributed by atoms with van der Waals surface area (Å²) in [7, 11) is 1.59. The van der Waals surface area contributed by atoms with Crippen LogP contribution in [-0.2, 0) is 11.2 Å². The Bertz CT molecular complexity index is 816. The molecule has 29 heavy (non-hydrogen) atoms. The number of rotatable bonds is 12. The Hall–Kier alpha value is -3.15. The molecule has 0 fully saturated rings. The van der Waals surface area contributed by atoms with E-state index in [4.69, 9.17) is 9.47 Å². The summed E-state index contributed by atoms with van der Waals surface area (Å²) in [4.78, 5) is 24.4. The highest BCUT2D eigenvalue weighted by Gasteiger charge is 2.10. The first kappa shape index (κ1) is 22.1. The number of hydrazone groups is 1. The third-order valence-electron chi connectivity index (χ3n) is 4.30. The molecule has 0 saturated carbocycles. The fraction of sp³-hybridized carbons (Fsp3) is 0.348. The van der Waals surface area contributed by atoms with Crippen LogP contribution in [0.1, 0.15) is 48.5 Å². The van der Waals surface area contributed by atoms with Gasteiger partial charge in [-0.25, -0.2) is 5.43 Å². The van der Waals surface area contributed by atoms with E-state index in [0.29, 0.717) is 17.9 Å². The molecule has 0 heterocycles. The van der Waals surface area contributed by atoms with E-state index >= 15 is 0 Å². The maximum atomic E-state index is 12.4. The van der Waals surface area contributed by atoms with Gasteiger partial charge >= 0.3 is 0 Å². The molecular formula is C23H28N2O4. The number of hydrogen-bond acceptors (Lipinski definition) is 5. The number of Topliss-reactive ketones (excluding diaryl/α,β-unsaturated/α-hetero) is 1. The summed E-state index contributed by atoms with van der Waals surface area (Å²) in [6, 6.07) is 14.2. The van der Waals surface area contributed by atoms with E-state index in [2.05, 4.69) is 17.5 Å². The van der Waals surface area contributed by atoms with Crippen molar-refractivity contribution in [2.75, 3.05) is 13.7 Å². The third kappa shape index (κ3) is 7.78. The van der Waals surface area contributed by atoms with Crippen molar-refractivity contribution in [1.29, 1.82) is 0 Å². The maximum absolute atomic E-state index is 12.4. The number of benzene rings is 2. The fourth-order valence-corrected chi connectivity index (χ4v) is 2.71. The second-order valence-corrected chi connectivity index (χ2v) is 6.59. The number of ketones is 1. The number of carbonyl (C=O) groups excluding carboxylic acids is 2. The fourth-order valence-electron chi connectivity index (χ4n) is 2.71. The average molecular weight is 396 g/mol. The Balaban J connectivity index is 1.85. The van der Waals surface area contributed by atoms with E-state index in [1.54, 1.807) is 49.6 Å². The number of nitrogens with one attached hydrogen (secondary N) is 1. The summed E-state index contributed by atoms with van der Waals surface area (Å²) < 4.78 is 10.8. The van der Waals surface area contributed by atoms with Gasteiger partial charge in [0.1, 0.15) is 11.5 Å². The minimum absolute atomic E-state index is 0.160. The van der Waals surface area contributed by atoms with Gasteiger partial charge in [0.25, 0.3) is 0 Å². The van der Waals surface area contributed by atoms with E-state index in [1.807, 2.05) is 6.07 Å². The smallest absolute Gasteiger partial charge is 0.244 e. The largest absolute Gasteiger partial charge is 0.497 e. The van der Waals surface area contributed by atoms with Gasteiger partial charge in [0.05, 0.1) is 31.9 Å². The topological polar surface area (TPSA) is 77.0 Å². The second kappa shape index (κ2) is 12.3. The van der Waals surface area contributed by atoms with Crippen molar-refractivity contribution in [3.8, 4) is 11.5 Å². The molecule has 0 aliphatic heterocycles. The highest BCUT2D eigenvalue weighted by molar-refractivity contribution is 6.36. The summed E-state index contributed by atoms with van der Waals surface area (Å²) in [5.41, 5.74) is 3.64. The highest BCUT2D eigenvalue weighted by Crippen LogP contribution is 2.18. The van der Waals surface area contributed by atoms with Gasteiger partial charge in [0, 0.05) is 0 Å². The zero-order valence-corrected chi connectivity index (χ0v) is 17.0. The van der Waals surface area contributed by atoms with Crippen molar-refractivity contribution in [1.82, 2.24) is 5.43 Å². The van der Waals surface area contributed by atoms with Crippen LogP contribution in [0.25, 0.3) is 0 Å². The van der Waals surface area contributed by atoms with Crippen molar-refractivity contribution >= 4 is 17.9 Å². The van der Waals surface area contributed by atoms with Gasteiger partial charge in [-0.1, -0.05) is 50.5 Å². The molecule has 6 heteroatoms. The zero-order valence-electron chi connectivity index (χ0n) is 17.0. The molecule has 0 bridgehead atoms. The lowest BCUT2D eigenvalue weighted by molar-refractivity contribution is -0.120. The van der Waals surface area contributed by atoms with Crippen molar-refractivity contribution in [2.24, 2.45) is 5.10 Å². The number of hydrogen-bond donors (Lipinski definition) is 1. The molecule has 0 aromatic heterocycles. The summed E-state index contributed by atoms with van der Waals surface area (Å²) >= 11 is 0. The lowest BCUT2D eigenvalue weighted by Gasteiger charge is -2.09. The van der Waals surface area contributed by atoms with Gasteiger partial charge in [0.2, 0.25) is 11.7 Å². The summed E-state index contributed by atoms with van der Waals surface area (Å²) in [5.74, 6) is 0.632. The molecule has 0 aliphatic rings. The molecule has 2 aromatic rings. The zero-order chi connectivity index (χ0) is 20.9. The number of nitrogens with zero attached hydrogens (tertiary/aromatic N) is 1. The van der Waals surface area contributed by atoms with E-state index in [1.165, 1.54) is 6.42 Å². The monoisotopic (exact) mass is 396 g/mol. The molecule has 0 radical (unpaired) electrons. The molecule has 2 aromatic carbocycles. The summed E-state index contributed by atoms with van der Waals surface area (Å²) in [5, 5.41) is 3.79. The predicted octanol–water partition coefficient (Wildman–Crippen LogP) is 4.18. The van der Waals surface area contributed by atoms with Gasteiger partial charge in [-0.3, -0.25) is 9.59 Å². The van der Waals surface area contributed by atoms with Crippen LogP contribution in [0.15, 0.2) is 53.6 Å². The molecule has 0 atom stereocenters. The normalized spacial score (nSPS) is 10.7. The van der Waals surface area contributed by atoms with Gasteiger partial charge in [-0.05, 0) is 36.2 Å². The number of unbranched alkanes of at least 4 members (excludes halogenated alkanes) is 3. The van der Waals surface area contributed by atoms with Crippen LogP contribution in [-0.4, -0.2) is 31.6 Å². The molecule has 0 unspecified atom stereocenters. The molecular weight excluding hydrogens is 368 g/mol. The lowest BCUT2D eigenvalue weighted by atomic mass is 10.1. The first-order chi connectivity index (χ1) is 14.1. The molecule has 2 rings (SSSR count). The Morgan fingerprint density at radius 2 is 1.79 bits per heavy atom. The molecule has 154 valence electrons. The molecule has 0 aliphatic carbocycles. The van der Waals surface area contributed by atoms with E-state index < -0.39 is 0 Å². The number of para-hydroxylation sites is 1. The minimum Gasteiger partial charge on any atom is -0.497 e. The Morgan fingerprint density at radius 1 is 1.03 bits per heavy atom. The van der Waals surface area contributed by atoms with Gasteiger partial charge < -0.3 is 9.47 Å². The maximum Gasteiger partial charge on any atom is 0.244 e. The first-order valence-electron chi connectivity index (χ1n) is 9.85. The van der Waals surface area contributed by atoms with Crippen LogP contribution in [0.4, 0.5) is 0 Å². The van der Waals surface area contributed by atoms with E-state index in [-0.39, 0.29) is 18.1 Å². The van der Waals surface area contributed by atoms with Crippen molar-refractivity contribution < 1.29 is 19.1 Å². The van der Waals surface area contributed by atoms with Crippen LogP contribution < -0.4 is 14.9 Å². The molecule has 0 saturated heterocycles. The summed E-state index contributed by atoms with van der Waals surface area (Å²) in [6.45, 7) is 2.73. The number of methoxy groups -OCH3 is 1. The van der Waals surface area contributed by atoms with Gasteiger partial charge in [-0.2, -0.15) is 5.10 Å². The Morgan fingerprint density at radius 3 is 2.52 bits per heavy atom. The second-order valence-electron chi connectivity index (χ2n) is 6.59. The molecule has 1 amide bonds. The third-order valence-corrected chi connectivity index (χ3v) is 4.30. The minimum atomic E-state index is -0.320. The van der Waals surface area contributed by atoms with Crippen molar-refractivity contribution in [3.63, 3.8) is 0 Å². The van der Waals surface area contributed by atoms with Crippen molar-refractivity contribution in [2.45, 2.75) is 39.0 Å². The quantitative estimate of drug-likeness (QED) is 0.253. The van der Waals surface area contributed by atoms with Crippen LogP contribution in [0.2, 0.25) is 0 Å².